The number of anilines is 1. The van der Waals surface area contributed by atoms with Crippen molar-refractivity contribution in [3.63, 3.8) is 0 Å². The Kier molecular flexibility index (Phi) is 7.08. The van der Waals surface area contributed by atoms with Crippen LogP contribution in [0.5, 0.6) is 0 Å². The van der Waals surface area contributed by atoms with Crippen LogP contribution in [0.4, 0.5) is 10.5 Å². The summed E-state index contributed by atoms with van der Waals surface area (Å²) in [6, 6.07) is 14.4. The first-order valence-electron chi connectivity index (χ1n) is 9.54. The zero-order valence-corrected chi connectivity index (χ0v) is 17.6. The summed E-state index contributed by atoms with van der Waals surface area (Å²) in [5, 5.41) is 14.3. The number of nitrogens with zero attached hydrogens (tertiary/aromatic N) is 3. The minimum absolute atomic E-state index is 0.106. The van der Waals surface area contributed by atoms with E-state index in [1.807, 2.05) is 41.8 Å². The molecule has 0 aliphatic carbocycles. The highest BCUT2D eigenvalue weighted by molar-refractivity contribution is 7.99. The van der Waals surface area contributed by atoms with Gasteiger partial charge < -0.3 is 16.4 Å². The van der Waals surface area contributed by atoms with Crippen LogP contribution in [0.1, 0.15) is 31.0 Å². The monoisotopic (exact) mass is 424 g/mol. The van der Waals surface area contributed by atoms with Gasteiger partial charge in [-0.15, -0.1) is 10.2 Å². The highest BCUT2D eigenvalue weighted by Crippen LogP contribution is 2.23. The Morgan fingerprint density at radius 2 is 1.90 bits per heavy atom. The van der Waals surface area contributed by atoms with E-state index in [-0.39, 0.29) is 17.7 Å². The Morgan fingerprint density at radius 3 is 2.60 bits per heavy atom. The Hall–Kier alpha value is -3.33. The Labute approximate surface area is 179 Å². The van der Waals surface area contributed by atoms with Gasteiger partial charge in [0.15, 0.2) is 5.16 Å². The van der Waals surface area contributed by atoms with Crippen molar-refractivity contribution < 1.29 is 9.59 Å². The zero-order chi connectivity index (χ0) is 21.5. The molecule has 0 radical (unpaired) electrons. The van der Waals surface area contributed by atoms with Gasteiger partial charge in [0.2, 0.25) is 5.91 Å². The number of hydrogen-bond acceptors (Lipinski definition) is 5. The van der Waals surface area contributed by atoms with Crippen molar-refractivity contribution in [2.75, 3.05) is 11.1 Å². The summed E-state index contributed by atoms with van der Waals surface area (Å²) in [6.07, 6.45) is 2.56. The van der Waals surface area contributed by atoms with Crippen molar-refractivity contribution in [2.45, 2.75) is 31.5 Å². The molecule has 2 aromatic carbocycles. The largest absolute Gasteiger partial charge is 0.351 e. The van der Waals surface area contributed by atoms with Gasteiger partial charge in [-0.2, -0.15) is 0 Å². The van der Waals surface area contributed by atoms with Crippen molar-refractivity contribution in [3.8, 4) is 5.69 Å². The van der Waals surface area contributed by atoms with E-state index in [4.69, 9.17) is 5.73 Å². The van der Waals surface area contributed by atoms with Crippen LogP contribution in [0.3, 0.4) is 0 Å². The van der Waals surface area contributed by atoms with Crippen LogP contribution in [-0.4, -0.2) is 32.5 Å². The second kappa shape index (κ2) is 9.93. The normalized spacial score (nSPS) is 11.7. The molecule has 0 spiro atoms. The number of aromatic nitrogens is 3. The molecule has 0 fully saturated rings. The van der Waals surface area contributed by atoms with Crippen LogP contribution in [-0.2, 0) is 11.2 Å². The molecular weight excluding hydrogens is 400 g/mol. The van der Waals surface area contributed by atoms with Crippen LogP contribution in [0.25, 0.3) is 5.69 Å². The number of amides is 3. The molecule has 0 bridgehead atoms. The second-order valence-corrected chi connectivity index (χ2v) is 7.60. The molecular formula is C21H24N6O2S. The molecule has 1 aromatic heterocycles. The molecule has 0 aliphatic rings. The number of hydrogen-bond donors (Lipinski definition) is 3. The number of benzene rings is 2. The lowest BCUT2D eigenvalue weighted by Crippen LogP contribution is -2.28. The van der Waals surface area contributed by atoms with Crippen molar-refractivity contribution in [1.29, 1.82) is 0 Å². The van der Waals surface area contributed by atoms with Crippen molar-refractivity contribution in [2.24, 2.45) is 5.73 Å². The van der Waals surface area contributed by atoms with Gasteiger partial charge in [0.25, 0.3) is 0 Å². The maximum absolute atomic E-state index is 12.4. The summed E-state index contributed by atoms with van der Waals surface area (Å²) >= 11 is 1.34. The molecule has 8 nitrogen and oxygen atoms in total. The summed E-state index contributed by atoms with van der Waals surface area (Å²) in [7, 11) is 0. The lowest BCUT2D eigenvalue weighted by Gasteiger charge is -2.15. The number of primary amides is 1. The topological polar surface area (TPSA) is 115 Å². The lowest BCUT2D eigenvalue weighted by molar-refractivity contribution is -0.119. The van der Waals surface area contributed by atoms with Crippen molar-refractivity contribution in [3.05, 3.63) is 66.0 Å². The fraction of sp³-hybridized carbons (Fsp3) is 0.238. The Morgan fingerprint density at radius 1 is 1.17 bits per heavy atom. The highest BCUT2D eigenvalue weighted by atomic mass is 32.2. The number of carbonyl (C=O) groups excluding carboxylic acids is 2. The van der Waals surface area contributed by atoms with Gasteiger partial charge in [-0.3, -0.25) is 9.36 Å². The molecule has 1 heterocycles. The number of urea groups is 1. The summed E-state index contributed by atoms with van der Waals surface area (Å²) in [6.45, 7) is 4.00. The molecule has 3 aromatic rings. The standard InChI is InChI=1S/C21H24N6O2S/c1-3-15-6-4-5-7-18(15)27-13-23-26-21(27)30-12-19(28)24-14(2)16-8-10-17(11-9-16)25-20(22)29/h4-11,13-14H,3,12H2,1-2H3,(H,24,28)(H3,22,25,29). The average molecular weight is 425 g/mol. The van der Waals surface area contributed by atoms with E-state index in [1.165, 1.54) is 17.3 Å². The predicted molar refractivity (Wildman–Crippen MR) is 118 cm³/mol. The van der Waals surface area contributed by atoms with E-state index in [2.05, 4.69) is 33.8 Å². The molecule has 1 unspecified atom stereocenters. The number of nitrogens with two attached hydrogens (primary N) is 1. The van der Waals surface area contributed by atoms with E-state index in [0.29, 0.717) is 10.8 Å². The van der Waals surface area contributed by atoms with Gasteiger partial charge in [0, 0.05) is 5.69 Å². The molecule has 4 N–H and O–H groups in total. The van der Waals surface area contributed by atoms with E-state index in [9.17, 15) is 9.59 Å². The van der Waals surface area contributed by atoms with Gasteiger partial charge in [0.05, 0.1) is 17.5 Å². The quantitative estimate of drug-likeness (QED) is 0.480. The number of rotatable bonds is 8. The second-order valence-electron chi connectivity index (χ2n) is 6.65. The summed E-state index contributed by atoms with van der Waals surface area (Å²) in [5.74, 6) is 0.115. The van der Waals surface area contributed by atoms with Gasteiger partial charge in [-0.05, 0) is 42.7 Å². The Bertz CT molecular complexity index is 1020. The fourth-order valence-corrected chi connectivity index (χ4v) is 3.76. The van der Waals surface area contributed by atoms with E-state index in [1.54, 1.807) is 18.5 Å². The Balaban J connectivity index is 1.59. The maximum atomic E-state index is 12.4. The summed E-state index contributed by atoms with van der Waals surface area (Å²) in [4.78, 5) is 23.3. The van der Waals surface area contributed by atoms with Crippen molar-refractivity contribution >= 4 is 29.4 Å². The summed E-state index contributed by atoms with van der Waals surface area (Å²) < 4.78 is 1.91. The third kappa shape index (κ3) is 5.38. The highest BCUT2D eigenvalue weighted by Gasteiger charge is 2.14. The molecule has 0 saturated heterocycles. The van der Waals surface area contributed by atoms with Gasteiger partial charge in [-0.1, -0.05) is 49.0 Å². The van der Waals surface area contributed by atoms with Crippen LogP contribution >= 0.6 is 11.8 Å². The number of para-hydroxylation sites is 1. The summed E-state index contributed by atoms with van der Waals surface area (Å²) in [5.41, 5.74) is 8.83. The number of aryl methyl sites for hydroxylation is 1. The van der Waals surface area contributed by atoms with Crippen LogP contribution < -0.4 is 16.4 Å². The molecule has 0 aliphatic heterocycles. The predicted octanol–water partition coefficient (Wildman–Crippen LogP) is 3.29. The first kappa shape index (κ1) is 21.4. The minimum Gasteiger partial charge on any atom is -0.351 e. The number of thioether (sulfide) groups is 1. The van der Waals surface area contributed by atoms with Crippen LogP contribution in [0.2, 0.25) is 0 Å². The van der Waals surface area contributed by atoms with Crippen LogP contribution in [0, 0.1) is 0 Å². The van der Waals surface area contributed by atoms with E-state index < -0.39 is 6.03 Å². The maximum Gasteiger partial charge on any atom is 0.316 e. The first-order chi connectivity index (χ1) is 14.5. The van der Waals surface area contributed by atoms with Gasteiger partial charge >= 0.3 is 6.03 Å². The third-order valence-corrected chi connectivity index (χ3v) is 5.48. The van der Waals surface area contributed by atoms with E-state index in [0.717, 1.165) is 17.7 Å². The van der Waals surface area contributed by atoms with Crippen molar-refractivity contribution in [1.82, 2.24) is 20.1 Å². The zero-order valence-electron chi connectivity index (χ0n) is 16.8. The molecule has 1 atom stereocenters. The third-order valence-electron chi connectivity index (χ3n) is 4.54. The van der Waals surface area contributed by atoms with E-state index >= 15 is 0 Å². The molecule has 3 rings (SSSR count). The SMILES string of the molecule is CCc1ccccc1-n1cnnc1SCC(=O)NC(C)c1ccc(NC(N)=O)cc1. The molecule has 0 saturated carbocycles. The van der Waals surface area contributed by atoms with Gasteiger partial charge in [-0.25, -0.2) is 4.79 Å². The molecule has 30 heavy (non-hydrogen) atoms. The molecule has 156 valence electrons. The lowest BCUT2D eigenvalue weighted by atomic mass is 10.1. The van der Waals surface area contributed by atoms with Crippen LogP contribution in [0.15, 0.2) is 60.0 Å². The minimum atomic E-state index is -0.615. The van der Waals surface area contributed by atoms with Gasteiger partial charge in [0.1, 0.15) is 6.33 Å². The first-order valence-corrected chi connectivity index (χ1v) is 10.5. The number of nitrogens with one attached hydrogen (secondary N) is 2. The molecule has 9 heteroatoms. The number of carbonyl (C=O) groups is 2. The fourth-order valence-electron chi connectivity index (χ4n) is 3.03. The smallest absolute Gasteiger partial charge is 0.316 e. The molecule has 3 amide bonds. The average Bonchev–Trinajstić information content (AvgIpc) is 3.20.